The van der Waals surface area contributed by atoms with Gasteiger partial charge >= 0.3 is 0 Å². The molecule has 0 spiro atoms. The molecule has 15 heavy (non-hydrogen) atoms. The Morgan fingerprint density at radius 3 is 2.47 bits per heavy atom. The lowest BCUT2D eigenvalue weighted by Crippen LogP contribution is -2.29. The van der Waals surface area contributed by atoms with Gasteiger partial charge in [0, 0.05) is 18.6 Å². The molecule has 1 unspecified atom stereocenters. The van der Waals surface area contributed by atoms with E-state index < -0.39 is 18.5 Å². The van der Waals surface area contributed by atoms with Gasteiger partial charge in [0.25, 0.3) is 5.92 Å². The van der Waals surface area contributed by atoms with Gasteiger partial charge in [-0.2, -0.15) is 0 Å². The molecule has 0 N–H and O–H groups in total. The van der Waals surface area contributed by atoms with Crippen molar-refractivity contribution in [2.75, 3.05) is 5.75 Å². The summed E-state index contributed by atoms with van der Waals surface area (Å²) in [7, 11) is 0. The molecule has 0 saturated carbocycles. The molecular formula is C10H17F3OS. The van der Waals surface area contributed by atoms with Crippen LogP contribution in [0.25, 0.3) is 0 Å². The third-order valence-electron chi connectivity index (χ3n) is 2.02. The zero-order valence-electron chi connectivity index (χ0n) is 9.06. The third kappa shape index (κ3) is 6.07. The maximum Gasteiger partial charge on any atom is 0.278 e. The second kappa shape index (κ2) is 7.14. The quantitative estimate of drug-likeness (QED) is 0.631. The Balaban J connectivity index is 3.70. The van der Waals surface area contributed by atoms with Gasteiger partial charge in [0.15, 0.2) is 11.3 Å². The monoisotopic (exact) mass is 242 g/mol. The molecule has 0 saturated heterocycles. The molecule has 0 aliphatic rings. The lowest BCUT2D eigenvalue weighted by molar-refractivity contribution is -0.110. The summed E-state index contributed by atoms with van der Waals surface area (Å²) in [5, 5.41) is -0.00870. The summed E-state index contributed by atoms with van der Waals surface area (Å²) in [4.78, 5) is 10.8. The summed E-state index contributed by atoms with van der Waals surface area (Å²) < 4.78 is 38.6. The van der Waals surface area contributed by atoms with Crippen molar-refractivity contribution in [2.45, 2.75) is 51.6 Å². The van der Waals surface area contributed by atoms with Gasteiger partial charge in [0.2, 0.25) is 0 Å². The van der Waals surface area contributed by atoms with Gasteiger partial charge in [0.1, 0.15) is 0 Å². The highest BCUT2D eigenvalue weighted by Crippen LogP contribution is 2.29. The predicted molar refractivity (Wildman–Crippen MR) is 57.1 cm³/mol. The van der Waals surface area contributed by atoms with Crippen LogP contribution in [0.4, 0.5) is 13.2 Å². The van der Waals surface area contributed by atoms with Crippen LogP contribution in [0, 0.1) is 0 Å². The van der Waals surface area contributed by atoms with E-state index in [9.17, 15) is 18.0 Å². The van der Waals surface area contributed by atoms with E-state index in [0.717, 1.165) is 11.8 Å². The van der Waals surface area contributed by atoms with Crippen molar-refractivity contribution >= 4 is 16.9 Å². The molecule has 1 atom stereocenters. The van der Waals surface area contributed by atoms with E-state index in [-0.39, 0.29) is 18.0 Å². The van der Waals surface area contributed by atoms with Crippen molar-refractivity contribution in [3.63, 3.8) is 0 Å². The second-order valence-corrected chi connectivity index (χ2v) is 4.47. The van der Waals surface area contributed by atoms with Crippen LogP contribution in [0.2, 0.25) is 0 Å². The Morgan fingerprint density at radius 2 is 2.00 bits per heavy atom. The first-order chi connectivity index (χ1) is 6.94. The van der Waals surface area contributed by atoms with Crippen molar-refractivity contribution in [3.05, 3.63) is 0 Å². The highest BCUT2D eigenvalue weighted by atomic mass is 32.2. The lowest BCUT2D eigenvalue weighted by atomic mass is 10.1. The number of alkyl halides is 3. The molecule has 0 radical (unpaired) electrons. The molecular weight excluding hydrogens is 225 g/mol. The van der Waals surface area contributed by atoms with Crippen LogP contribution in [-0.4, -0.2) is 23.0 Å². The van der Waals surface area contributed by atoms with Crippen molar-refractivity contribution in [1.82, 2.24) is 0 Å². The minimum Gasteiger partial charge on any atom is -0.287 e. The van der Waals surface area contributed by atoms with Crippen molar-refractivity contribution in [2.24, 2.45) is 0 Å². The average molecular weight is 242 g/mol. The summed E-state index contributed by atoms with van der Waals surface area (Å²) in [5.41, 5.74) is 0. The molecule has 5 heteroatoms. The Bertz CT molecular complexity index is 197. The molecule has 0 heterocycles. The number of hydrogen-bond acceptors (Lipinski definition) is 2. The summed E-state index contributed by atoms with van der Waals surface area (Å²) in [6.45, 7) is 3.12. The Kier molecular flexibility index (Phi) is 7.05. The first kappa shape index (κ1) is 14.8. The Hall–Kier alpha value is -0.190. The van der Waals surface area contributed by atoms with Crippen molar-refractivity contribution in [1.29, 1.82) is 0 Å². The largest absolute Gasteiger partial charge is 0.287 e. The topological polar surface area (TPSA) is 17.1 Å². The Morgan fingerprint density at radius 1 is 1.40 bits per heavy atom. The van der Waals surface area contributed by atoms with E-state index in [1.807, 2.05) is 0 Å². The number of carbonyl (C=O) groups is 1. The highest BCUT2D eigenvalue weighted by Gasteiger charge is 2.37. The van der Waals surface area contributed by atoms with Crippen LogP contribution in [0.1, 0.15) is 39.5 Å². The van der Waals surface area contributed by atoms with E-state index in [1.165, 1.54) is 6.92 Å². The van der Waals surface area contributed by atoms with Crippen LogP contribution in [0.5, 0.6) is 0 Å². The zero-order chi connectivity index (χ0) is 11.9. The molecule has 0 aromatic rings. The fourth-order valence-corrected chi connectivity index (χ4v) is 1.77. The minimum absolute atomic E-state index is 0.00870. The summed E-state index contributed by atoms with van der Waals surface area (Å²) >= 11 is 1.04. The molecule has 0 aliphatic carbocycles. The van der Waals surface area contributed by atoms with Crippen molar-refractivity contribution in [3.8, 4) is 0 Å². The summed E-state index contributed by atoms with van der Waals surface area (Å²) in [5.74, 6) is -2.90. The molecule has 90 valence electrons. The van der Waals surface area contributed by atoms with E-state index in [4.69, 9.17) is 0 Å². The van der Waals surface area contributed by atoms with Crippen LogP contribution in [0.3, 0.4) is 0 Å². The molecule has 1 nitrogen and oxygen atoms in total. The first-order valence-corrected chi connectivity index (χ1v) is 6.10. The van der Waals surface area contributed by atoms with Crippen LogP contribution in [0.15, 0.2) is 0 Å². The summed E-state index contributed by atoms with van der Waals surface area (Å²) in [6.07, 6.45) is -2.14. The smallest absolute Gasteiger partial charge is 0.278 e. The molecule has 0 aliphatic heterocycles. The van der Waals surface area contributed by atoms with Gasteiger partial charge in [-0.15, -0.1) is 0 Å². The van der Waals surface area contributed by atoms with Crippen LogP contribution in [-0.2, 0) is 4.79 Å². The Labute approximate surface area is 92.8 Å². The van der Waals surface area contributed by atoms with Gasteiger partial charge in [-0.25, -0.2) is 13.2 Å². The SMILES string of the molecule is CCC(=O)SCCCC(F)(F)C(F)CC. The minimum atomic E-state index is -3.25. The van der Waals surface area contributed by atoms with Crippen LogP contribution >= 0.6 is 11.8 Å². The molecule has 0 aromatic carbocycles. The molecule has 0 fully saturated rings. The molecule has 0 aromatic heterocycles. The number of thioether (sulfide) groups is 1. The molecule has 0 bridgehead atoms. The number of hydrogen-bond donors (Lipinski definition) is 0. The standard InChI is InChI=1S/C10H17F3OS/c1-3-8(11)10(12,13)6-5-7-15-9(14)4-2/h8H,3-7H2,1-2H3. The van der Waals surface area contributed by atoms with Gasteiger partial charge < -0.3 is 0 Å². The van der Waals surface area contributed by atoms with Gasteiger partial charge in [-0.3, -0.25) is 4.79 Å². The third-order valence-corrected chi connectivity index (χ3v) is 3.13. The van der Waals surface area contributed by atoms with E-state index in [2.05, 4.69) is 0 Å². The number of halogens is 3. The fraction of sp³-hybridized carbons (Fsp3) is 0.900. The number of carbonyl (C=O) groups excluding carboxylic acids is 1. The number of rotatable bonds is 7. The average Bonchev–Trinajstić information content (AvgIpc) is 2.22. The fourth-order valence-electron chi connectivity index (χ4n) is 1.05. The maximum atomic E-state index is 13.0. The van der Waals surface area contributed by atoms with Crippen LogP contribution < -0.4 is 0 Å². The van der Waals surface area contributed by atoms with E-state index >= 15 is 0 Å². The second-order valence-electron chi connectivity index (χ2n) is 3.31. The maximum absolute atomic E-state index is 13.0. The predicted octanol–water partition coefficient (Wildman–Crippen LogP) is 3.82. The van der Waals surface area contributed by atoms with Gasteiger partial charge in [0.05, 0.1) is 0 Å². The van der Waals surface area contributed by atoms with Crippen molar-refractivity contribution < 1.29 is 18.0 Å². The van der Waals surface area contributed by atoms with E-state index in [0.29, 0.717) is 12.2 Å². The van der Waals surface area contributed by atoms with E-state index in [1.54, 1.807) is 6.92 Å². The molecule has 0 amide bonds. The van der Waals surface area contributed by atoms with Gasteiger partial charge in [-0.1, -0.05) is 25.6 Å². The zero-order valence-corrected chi connectivity index (χ0v) is 9.88. The normalized spacial score (nSPS) is 13.9. The highest BCUT2D eigenvalue weighted by molar-refractivity contribution is 8.13. The lowest BCUT2D eigenvalue weighted by Gasteiger charge is -2.19. The summed E-state index contributed by atoms with van der Waals surface area (Å²) in [6, 6.07) is 0. The van der Waals surface area contributed by atoms with Gasteiger partial charge in [-0.05, 0) is 12.8 Å². The first-order valence-electron chi connectivity index (χ1n) is 5.11. The molecule has 0 rings (SSSR count).